The molecule has 0 fully saturated rings. The van der Waals surface area contributed by atoms with Crippen molar-refractivity contribution in [1.82, 2.24) is 4.57 Å². The van der Waals surface area contributed by atoms with Crippen molar-refractivity contribution in [3.05, 3.63) is 24.0 Å². The summed E-state index contributed by atoms with van der Waals surface area (Å²) in [6, 6.07) is 2.70. The molecule has 0 amide bonds. The number of nitrogens with zero attached hydrogens (tertiary/aromatic N) is 1. The number of aryl methyl sites for hydroxylation is 1. The van der Waals surface area contributed by atoms with Crippen LogP contribution in [0, 0.1) is 0 Å². The maximum atomic E-state index is 11.6. The summed E-state index contributed by atoms with van der Waals surface area (Å²) in [4.78, 5) is 10.8. The van der Waals surface area contributed by atoms with Crippen LogP contribution in [-0.4, -0.2) is 16.9 Å². The normalized spacial score (nSPS) is 11.4. The second kappa shape index (κ2) is 3.12. The average molecular weight is 193 g/mol. The summed E-state index contributed by atoms with van der Waals surface area (Å²) in [6.45, 7) is 0. The van der Waals surface area contributed by atoms with Gasteiger partial charge in [-0.15, -0.1) is 13.2 Å². The molecule has 0 atom stereocenters. The number of ether oxygens (including phenoxy) is 1. The van der Waals surface area contributed by atoms with Crippen molar-refractivity contribution in [3.63, 3.8) is 0 Å². The molecule has 0 spiro atoms. The number of aromatic nitrogens is 1. The van der Waals surface area contributed by atoms with E-state index in [9.17, 15) is 18.0 Å². The molecule has 0 aliphatic carbocycles. The number of rotatable bonds is 1. The van der Waals surface area contributed by atoms with E-state index in [0.717, 1.165) is 0 Å². The van der Waals surface area contributed by atoms with Crippen molar-refractivity contribution in [3.8, 4) is 0 Å². The van der Waals surface area contributed by atoms with E-state index in [0.29, 0.717) is 0 Å². The third-order valence-electron chi connectivity index (χ3n) is 1.36. The number of hydrogen-bond acceptors (Lipinski definition) is 2. The van der Waals surface area contributed by atoms with Crippen LogP contribution in [-0.2, 0) is 11.8 Å². The molecule has 0 N–H and O–H groups in total. The van der Waals surface area contributed by atoms with Gasteiger partial charge in [0.15, 0.2) is 0 Å². The fourth-order valence-corrected chi connectivity index (χ4v) is 0.831. The first kappa shape index (κ1) is 9.63. The molecule has 1 heterocycles. The van der Waals surface area contributed by atoms with E-state index in [4.69, 9.17) is 0 Å². The number of esters is 1. The summed E-state index contributed by atoms with van der Waals surface area (Å²) in [5.74, 6) is -1.40. The Morgan fingerprint density at radius 3 is 2.54 bits per heavy atom. The van der Waals surface area contributed by atoms with E-state index in [1.54, 1.807) is 0 Å². The van der Waals surface area contributed by atoms with Crippen molar-refractivity contribution >= 4 is 5.97 Å². The molecule has 0 saturated heterocycles. The Hall–Kier alpha value is -1.46. The molecule has 1 rings (SSSR count). The number of halogens is 3. The molecule has 0 saturated carbocycles. The van der Waals surface area contributed by atoms with Gasteiger partial charge in [-0.25, -0.2) is 4.79 Å². The molecule has 13 heavy (non-hydrogen) atoms. The highest BCUT2D eigenvalue weighted by Gasteiger charge is 2.34. The number of carbonyl (C=O) groups is 1. The monoisotopic (exact) mass is 193 g/mol. The zero-order chi connectivity index (χ0) is 10.1. The Kier molecular flexibility index (Phi) is 2.31. The summed E-state index contributed by atoms with van der Waals surface area (Å²) in [6.07, 6.45) is -3.48. The molecular weight excluding hydrogens is 187 g/mol. The lowest BCUT2D eigenvalue weighted by Crippen LogP contribution is -2.20. The molecule has 1 aromatic rings. The molecule has 0 aliphatic heterocycles. The smallest absolute Gasteiger partial charge is 0.368 e. The molecule has 3 nitrogen and oxygen atoms in total. The van der Waals surface area contributed by atoms with Crippen molar-refractivity contribution in [1.29, 1.82) is 0 Å². The molecule has 0 unspecified atom stereocenters. The van der Waals surface area contributed by atoms with Crippen LogP contribution in [0.15, 0.2) is 18.3 Å². The minimum Gasteiger partial charge on any atom is -0.368 e. The first-order chi connectivity index (χ1) is 5.90. The highest BCUT2D eigenvalue weighted by molar-refractivity contribution is 5.87. The summed E-state index contributed by atoms with van der Waals surface area (Å²) in [5.41, 5.74) is -0.141. The van der Waals surface area contributed by atoms with E-state index in [-0.39, 0.29) is 5.69 Å². The SMILES string of the molecule is Cn1cccc1C(=O)OC(F)(F)F. The lowest BCUT2D eigenvalue weighted by molar-refractivity contribution is -0.292. The largest absolute Gasteiger partial charge is 0.575 e. The van der Waals surface area contributed by atoms with E-state index in [1.807, 2.05) is 0 Å². The first-order valence-electron chi connectivity index (χ1n) is 3.31. The van der Waals surface area contributed by atoms with Crippen molar-refractivity contribution in [2.45, 2.75) is 6.36 Å². The van der Waals surface area contributed by atoms with Gasteiger partial charge in [-0.1, -0.05) is 0 Å². The number of carbonyl (C=O) groups excluding carboxylic acids is 1. The van der Waals surface area contributed by atoms with E-state index < -0.39 is 12.3 Å². The molecule has 0 bridgehead atoms. The van der Waals surface area contributed by atoms with Gasteiger partial charge in [0.1, 0.15) is 5.69 Å². The zero-order valence-corrected chi connectivity index (χ0v) is 6.63. The second-order valence-corrected chi connectivity index (χ2v) is 2.34. The third kappa shape index (κ3) is 2.50. The molecule has 1 aromatic heterocycles. The van der Waals surface area contributed by atoms with Crippen LogP contribution in [0.4, 0.5) is 13.2 Å². The summed E-state index contributed by atoms with van der Waals surface area (Å²) < 4.78 is 39.2. The maximum Gasteiger partial charge on any atom is 0.575 e. The predicted octanol–water partition coefficient (Wildman–Crippen LogP) is 1.70. The van der Waals surface area contributed by atoms with Crippen LogP contribution in [0.5, 0.6) is 0 Å². The Morgan fingerprint density at radius 2 is 2.15 bits per heavy atom. The van der Waals surface area contributed by atoms with Gasteiger partial charge in [0.05, 0.1) is 0 Å². The van der Waals surface area contributed by atoms with Crippen LogP contribution in [0.2, 0.25) is 0 Å². The van der Waals surface area contributed by atoms with E-state index in [2.05, 4.69) is 4.74 Å². The predicted molar refractivity (Wildman–Crippen MR) is 36.9 cm³/mol. The van der Waals surface area contributed by atoms with Crippen molar-refractivity contribution < 1.29 is 22.7 Å². The van der Waals surface area contributed by atoms with Gasteiger partial charge >= 0.3 is 12.3 Å². The molecule has 0 aliphatic rings. The minimum atomic E-state index is -4.93. The van der Waals surface area contributed by atoms with Crippen LogP contribution < -0.4 is 0 Å². The summed E-state index contributed by atoms with van der Waals surface area (Å²) >= 11 is 0. The van der Waals surface area contributed by atoms with Gasteiger partial charge in [-0.05, 0) is 12.1 Å². The third-order valence-corrected chi connectivity index (χ3v) is 1.36. The Morgan fingerprint density at radius 1 is 1.54 bits per heavy atom. The standard InChI is InChI=1S/C7H6F3NO2/c1-11-4-2-3-5(11)6(12)13-7(8,9)10/h2-4H,1H3. The van der Waals surface area contributed by atoms with Crippen LogP contribution in [0.1, 0.15) is 10.5 Å². The van der Waals surface area contributed by atoms with Gasteiger partial charge in [0.2, 0.25) is 0 Å². The first-order valence-corrected chi connectivity index (χ1v) is 3.31. The van der Waals surface area contributed by atoms with Crippen molar-refractivity contribution in [2.24, 2.45) is 7.05 Å². The van der Waals surface area contributed by atoms with Crippen molar-refractivity contribution in [2.75, 3.05) is 0 Å². The fraction of sp³-hybridized carbons (Fsp3) is 0.286. The second-order valence-electron chi connectivity index (χ2n) is 2.34. The maximum absolute atomic E-state index is 11.6. The highest BCUT2D eigenvalue weighted by Crippen LogP contribution is 2.18. The summed E-state index contributed by atoms with van der Waals surface area (Å²) in [5, 5.41) is 0. The Bertz CT molecular complexity index is 316. The average Bonchev–Trinajstić information content (AvgIpc) is 2.30. The fourth-order valence-electron chi connectivity index (χ4n) is 0.831. The van der Waals surface area contributed by atoms with Gasteiger partial charge in [0.25, 0.3) is 0 Å². The Balaban J connectivity index is 2.76. The quantitative estimate of drug-likeness (QED) is 0.635. The zero-order valence-electron chi connectivity index (χ0n) is 6.63. The van der Waals surface area contributed by atoms with Gasteiger partial charge < -0.3 is 9.30 Å². The number of alkyl halides is 3. The molecule has 72 valence electrons. The molecule has 6 heteroatoms. The van der Waals surface area contributed by atoms with Gasteiger partial charge in [-0.2, -0.15) is 0 Å². The van der Waals surface area contributed by atoms with Gasteiger partial charge in [0, 0.05) is 13.2 Å². The van der Waals surface area contributed by atoms with E-state index >= 15 is 0 Å². The lowest BCUT2D eigenvalue weighted by Gasteiger charge is -2.07. The number of hydrogen-bond donors (Lipinski definition) is 0. The molecular formula is C7H6F3NO2. The van der Waals surface area contributed by atoms with Gasteiger partial charge in [-0.3, -0.25) is 0 Å². The summed E-state index contributed by atoms with van der Waals surface area (Å²) in [7, 11) is 1.45. The van der Waals surface area contributed by atoms with Crippen LogP contribution >= 0.6 is 0 Å². The lowest BCUT2D eigenvalue weighted by atomic mass is 10.4. The van der Waals surface area contributed by atoms with Crippen LogP contribution in [0.25, 0.3) is 0 Å². The highest BCUT2D eigenvalue weighted by atomic mass is 19.4. The topological polar surface area (TPSA) is 31.2 Å². The minimum absolute atomic E-state index is 0.141. The molecule has 0 radical (unpaired) electrons. The Labute approximate surface area is 71.7 Å². The van der Waals surface area contributed by atoms with Crippen LogP contribution in [0.3, 0.4) is 0 Å². The molecule has 0 aromatic carbocycles. The van der Waals surface area contributed by atoms with E-state index in [1.165, 1.54) is 29.9 Å².